The quantitative estimate of drug-likeness (QED) is 0.819. The molecule has 1 heterocycles. The molecule has 0 radical (unpaired) electrons. The number of nitrogens with one attached hydrogen (secondary N) is 1. The number of anilines is 1. The molecule has 104 valence electrons. The molecule has 0 aliphatic heterocycles. The second-order valence-electron chi connectivity index (χ2n) is 4.43. The number of pyridine rings is 1. The molecule has 0 aliphatic rings. The second-order valence-corrected chi connectivity index (χ2v) is 4.43. The van der Waals surface area contributed by atoms with Gasteiger partial charge >= 0.3 is 5.97 Å². The Bertz CT molecular complexity index is 538. The van der Waals surface area contributed by atoms with Gasteiger partial charge in [0.25, 0.3) is 0 Å². The molecule has 0 saturated carbocycles. The minimum atomic E-state index is -0.273. The number of rotatable bonds is 6. The molecule has 1 aromatic heterocycles. The molecule has 0 saturated heterocycles. The summed E-state index contributed by atoms with van der Waals surface area (Å²) in [6.07, 6.45) is 4.40. The number of nitrogens with zero attached hydrogens (tertiary/aromatic N) is 1. The van der Waals surface area contributed by atoms with Crippen LogP contribution in [0.3, 0.4) is 0 Å². The standard InChI is InChI=1S/C16H18N2O2/c1-2-10-20-16(19)14-5-7-15(8-6-14)18-12-13-4-3-9-17-11-13/h3-9,11,18H,2,10,12H2,1H3. The van der Waals surface area contributed by atoms with E-state index in [0.717, 1.165) is 17.7 Å². The zero-order valence-corrected chi connectivity index (χ0v) is 11.5. The summed E-state index contributed by atoms with van der Waals surface area (Å²) in [7, 11) is 0. The summed E-state index contributed by atoms with van der Waals surface area (Å²) in [5.41, 5.74) is 2.64. The molecule has 0 fully saturated rings. The maximum atomic E-state index is 11.6. The van der Waals surface area contributed by atoms with Gasteiger partial charge in [-0.1, -0.05) is 13.0 Å². The van der Waals surface area contributed by atoms with E-state index in [2.05, 4.69) is 10.3 Å². The van der Waals surface area contributed by atoms with Gasteiger partial charge in [-0.3, -0.25) is 4.98 Å². The van der Waals surface area contributed by atoms with Crippen molar-refractivity contribution in [3.05, 3.63) is 59.9 Å². The van der Waals surface area contributed by atoms with E-state index in [-0.39, 0.29) is 5.97 Å². The Balaban J connectivity index is 1.90. The van der Waals surface area contributed by atoms with Gasteiger partial charge in [0.05, 0.1) is 12.2 Å². The highest BCUT2D eigenvalue weighted by Gasteiger charge is 2.05. The van der Waals surface area contributed by atoms with Crippen LogP contribution in [0.25, 0.3) is 0 Å². The van der Waals surface area contributed by atoms with Crippen LogP contribution >= 0.6 is 0 Å². The molecule has 2 rings (SSSR count). The van der Waals surface area contributed by atoms with Gasteiger partial charge in [0.15, 0.2) is 0 Å². The van der Waals surface area contributed by atoms with Gasteiger partial charge in [-0.15, -0.1) is 0 Å². The highest BCUT2D eigenvalue weighted by Crippen LogP contribution is 2.12. The largest absolute Gasteiger partial charge is 0.462 e. The van der Waals surface area contributed by atoms with Crippen LogP contribution in [0.15, 0.2) is 48.8 Å². The van der Waals surface area contributed by atoms with Crippen molar-refractivity contribution in [3.63, 3.8) is 0 Å². The second kappa shape index (κ2) is 7.28. The van der Waals surface area contributed by atoms with Crippen molar-refractivity contribution in [3.8, 4) is 0 Å². The molecular formula is C16H18N2O2. The van der Waals surface area contributed by atoms with Crippen LogP contribution in [-0.2, 0) is 11.3 Å². The van der Waals surface area contributed by atoms with E-state index >= 15 is 0 Å². The fourth-order valence-corrected chi connectivity index (χ4v) is 1.71. The molecular weight excluding hydrogens is 252 g/mol. The molecule has 1 aromatic carbocycles. The molecule has 0 amide bonds. The number of benzene rings is 1. The Labute approximate surface area is 118 Å². The number of ether oxygens (including phenoxy) is 1. The lowest BCUT2D eigenvalue weighted by Crippen LogP contribution is -2.06. The Morgan fingerprint density at radius 1 is 1.25 bits per heavy atom. The Kier molecular flexibility index (Phi) is 5.12. The van der Waals surface area contributed by atoms with Gasteiger partial charge < -0.3 is 10.1 Å². The summed E-state index contributed by atoms with van der Waals surface area (Å²) in [5.74, 6) is -0.273. The van der Waals surface area contributed by atoms with Crippen molar-refractivity contribution in [1.29, 1.82) is 0 Å². The minimum Gasteiger partial charge on any atom is -0.462 e. The molecule has 0 atom stereocenters. The lowest BCUT2D eigenvalue weighted by atomic mass is 10.2. The van der Waals surface area contributed by atoms with E-state index in [9.17, 15) is 4.79 Å². The molecule has 0 unspecified atom stereocenters. The first-order valence-electron chi connectivity index (χ1n) is 6.69. The average Bonchev–Trinajstić information content (AvgIpc) is 2.52. The van der Waals surface area contributed by atoms with Crippen LogP contribution in [0.1, 0.15) is 29.3 Å². The zero-order valence-electron chi connectivity index (χ0n) is 11.5. The van der Waals surface area contributed by atoms with E-state index in [1.54, 1.807) is 18.3 Å². The van der Waals surface area contributed by atoms with Crippen LogP contribution in [0.4, 0.5) is 5.69 Å². The van der Waals surface area contributed by atoms with Gasteiger partial charge in [-0.2, -0.15) is 0 Å². The maximum Gasteiger partial charge on any atom is 0.338 e. The minimum absolute atomic E-state index is 0.273. The fourth-order valence-electron chi connectivity index (χ4n) is 1.71. The van der Waals surface area contributed by atoms with Crippen LogP contribution in [-0.4, -0.2) is 17.6 Å². The topological polar surface area (TPSA) is 51.2 Å². The number of esters is 1. The summed E-state index contributed by atoms with van der Waals surface area (Å²) in [6, 6.07) is 11.2. The lowest BCUT2D eigenvalue weighted by Gasteiger charge is -2.07. The van der Waals surface area contributed by atoms with Crippen molar-refractivity contribution < 1.29 is 9.53 Å². The number of carbonyl (C=O) groups is 1. The molecule has 2 aromatic rings. The Hall–Kier alpha value is -2.36. The SMILES string of the molecule is CCCOC(=O)c1ccc(NCc2cccnc2)cc1. The van der Waals surface area contributed by atoms with E-state index in [0.29, 0.717) is 18.7 Å². The molecule has 20 heavy (non-hydrogen) atoms. The van der Waals surface area contributed by atoms with Crippen LogP contribution in [0, 0.1) is 0 Å². The first-order chi connectivity index (χ1) is 9.79. The van der Waals surface area contributed by atoms with Crippen molar-refractivity contribution in [2.75, 3.05) is 11.9 Å². The van der Waals surface area contributed by atoms with Crippen molar-refractivity contribution in [1.82, 2.24) is 4.98 Å². The zero-order chi connectivity index (χ0) is 14.2. The van der Waals surface area contributed by atoms with Gasteiger partial charge in [0, 0.05) is 24.6 Å². The summed E-state index contributed by atoms with van der Waals surface area (Å²) < 4.78 is 5.08. The predicted octanol–water partition coefficient (Wildman–Crippen LogP) is 3.26. The summed E-state index contributed by atoms with van der Waals surface area (Å²) in [4.78, 5) is 15.7. The lowest BCUT2D eigenvalue weighted by molar-refractivity contribution is 0.0505. The molecule has 1 N–H and O–H groups in total. The number of hydrogen-bond donors (Lipinski definition) is 1. The Morgan fingerprint density at radius 2 is 2.05 bits per heavy atom. The molecule has 0 aliphatic carbocycles. The Morgan fingerprint density at radius 3 is 2.70 bits per heavy atom. The van der Waals surface area contributed by atoms with Crippen LogP contribution in [0.2, 0.25) is 0 Å². The predicted molar refractivity (Wildman–Crippen MR) is 78.6 cm³/mol. The first-order valence-corrected chi connectivity index (χ1v) is 6.69. The van der Waals surface area contributed by atoms with Crippen molar-refractivity contribution >= 4 is 11.7 Å². The summed E-state index contributed by atoms with van der Waals surface area (Å²) in [5, 5.41) is 3.28. The van der Waals surface area contributed by atoms with Gasteiger partial charge in [-0.05, 0) is 42.3 Å². The normalized spacial score (nSPS) is 10.1. The third kappa shape index (κ3) is 4.09. The van der Waals surface area contributed by atoms with Crippen LogP contribution in [0.5, 0.6) is 0 Å². The molecule has 4 nitrogen and oxygen atoms in total. The number of carbonyl (C=O) groups excluding carboxylic acids is 1. The van der Waals surface area contributed by atoms with Gasteiger partial charge in [-0.25, -0.2) is 4.79 Å². The maximum absolute atomic E-state index is 11.6. The van der Waals surface area contributed by atoms with Crippen molar-refractivity contribution in [2.24, 2.45) is 0 Å². The van der Waals surface area contributed by atoms with Gasteiger partial charge in [0.2, 0.25) is 0 Å². The number of hydrogen-bond acceptors (Lipinski definition) is 4. The summed E-state index contributed by atoms with van der Waals surface area (Å²) in [6.45, 7) is 3.13. The first kappa shape index (κ1) is 14.1. The van der Waals surface area contributed by atoms with E-state index < -0.39 is 0 Å². The highest BCUT2D eigenvalue weighted by molar-refractivity contribution is 5.89. The smallest absolute Gasteiger partial charge is 0.338 e. The fraction of sp³-hybridized carbons (Fsp3) is 0.250. The molecule has 4 heteroatoms. The average molecular weight is 270 g/mol. The summed E-state index contributed by atoms with van der Waals surface area (Å²) >= 11 is 0. The van der Waals surface area contributed by atoms with Crippen molar-refractivity contribution in [2.45, 2.75) is 19.9 Å². The highest BCUT2D eigenvalue weighted by atomic mass is 16.5. The van der Waals surface area contributed by atoms with E-state index in [1.807, 2.05) is 37.4 Å². The van der Waals surface area contributed by atoms with E-state index in [4.69, 9.17) is 4.74 Å². The van der Waals surface area contributed by atoms with Gasteiger partial charge in [0.1, 0.15) is 0 Å². The van der Waals surface area contributed by atoms with E-state index in [1.165, 1.54) is 0 Å². The third-order valence-corrected chi connectivity index (χ3v) is 2.78. The third-order valence-electron chi connectivity index (χ3n) is 2.78. The number of aromatic nitrogens is 1. The monoisotopic (exact) mass is 270 g/mol. The molecule has 0 bridgehead atoms. The molecule has 0 spiro atoms. The van der Waals surface area contributed by atoms with Crippen LogP contribution < -0.4 is 5.32 Å².